The van der Waals surface area contributed by atoms with Crippen molar-refractivity contribution in [1.29, 1.82) is 0 Å². The quantitative estimate of drug-likeness (QED) is 0.890. The molecule has 4 nitrogen and oxygen atoms in total. The van der Waals surface area contributed by atoms with E-state index in [9.17, 15) is 4.79 Å². The Morgan fingerprint density at radius 3 is 2.59 bits per heavy atom. The molecule has 1 unspecified atom stereocenters. The number of rotatable bonds is 6. The Bertz CT molecular complexity index is 626. The number of ether oxygens (including phenoxy) is 1. The molecular weight excluding hydrogens is 276 g/mol. The Kier molecular flexibility index (Phi) is 5.53. The second-order valence-corrected chi connectivity index (χ2v) is 5.41. The molecule has 0 saturated heterocycles. The minimum atomic E-state index is -0.0304. The van der Waals surface area contributed by atoms with Gasteiger partial charge in [0, 0.05) is 12.4 Å². The number of aryl methyl sites for hydroxylation is 2. The van der Waals surface area contributed by atoms with E-state index in [4.69, 9.17) is 4.74 Å². The summed E-state index contributed by atoms with van der Waals surface area (Å²) in [6.07, 6.45) is 3.78. The van der Waals surface area contributed by atoms with Gasteiger partial charge in [-0.15, -0.1) is 0 Å². The van der Waals surface area contributed by atoms with Gasteiger partial charge in [-0.2, -0.15) is 0 Å². The monoisotopic (exact) mass is 298 g/mol. The lowest BCUT2D eigenvalue weighted by atomic mass is 10.1. The Labute approximate surface area is 131 Å². The third kappa shape index (κ3) is 4.58. The average Bonchev–Trinajstić information content (AvgIpc) is 2.51. The van der Waals surface area contributed by atoms with Crippen LogP contribution in [0.3, 0.4) is 0 Å². The largest absolute Gasteiger partial charge is 0.493 e. The van der Waals surface area contributed by atoms with Crippen LogP contribution < -0.4 is 10.1 Å². The number of nitrogens with zero attached hydrogens (tertiary/aromatic N) is 1. The molecule has 0 saturated carbocycles. The van der Waals surface area contributed by atoms with Crippen LogP contribution in [0.2, 0.25) is 0 Å². The van der Waals surface area contributed by atoms with Gasteiger partial charge in [0.2, 0.25) is 5.91 Å². The molecule has 1 atom stereocenters. The number of amides is 1. The molecule has 0 fully saturated rings. The number of benzene rings is 1. The van der Waals surface area contributed by atoms with Gasteiger partial charge in [-0.05, 0) is 61.7 Å². The molecule has 2 aromatic rings. The third-order valence-electron chi connectivity index (χ3n) is 3.66. The number of pyridine rings is 1. The van der Waals surface area contributed by atoms with Gasteiger partial charge in [0.15, 0.2) is 0 Å². The molecule has 1 N–H and O–H groups in total. The van der Waals surface area contributed by atoms with Crippen molar-refractivity contribution < 1.29 is 9.53 Å². The Morgan fingerprint density at radius 2 is 1.91 bits per heavy atom. The van der Waals surface area contributed by atoms with Gasteiger partial charge in [0.25, 0.3) is 0 Å². The van der Waals surface area contributed by atoms with Gasteiger partial charge in [-0.1, -0.05) is 6.07 Å². The standard InChI is InChI=1S/C18H22N2O2/c1-13-4-5-17(12-14(13)2)22-11-8-18(21)20-15(3)16-6-9-19-10-7-16/h4-7,9-10,12,15H,8,11H2,1-3H3,(H,20,21). The first kappa shape index (κ1) is 16.0. The van der Waals surface area contributed by atoms with E-state index in [2.05, 4.69) is 17.2 Å². The molecule has 0 aliphatic carbocycles. The van der Waals surface area contributed by atoms with Crippen molar-refractivity contribution in [2.24, 2.45) is 0 Å². The second-order valence-electron chi connectivity index (χ2n) is 5.41. The van der Waals surface area contributed by atoms with Gasteiger partial charge in [0.1, 0.15) is 5.75 Å². The van der Waals surface area contributed by atoms with E-state index in [0.29, 0.717) is 13.0 Å². The fourth-order valence-corrected chi connectivity index (χ4v) is 2.11. The zero-order valence-corrected chi connectivity index (χ0v) is 13.3. The highest BCUT2D eigenvalue weighted by atomic mass is 16.5. The van der Waals surface area contributed by atoms with Crippen molar-refractivity contribution in [2.45, 2.75) is 33.2 Å². The number of aromatic nitrogens is 1. The van der Waals surface area contributed by atoms with Crippen molar-refractivity contribution in [2.75, 3.05) is 6.61 Å². The van der Waals surface area contributed by atoms with E-state index in [1.807, 2.05) is 44.2 Å². The number of nitrogens with one attached hydrogen (secondary N) is 1. The highest BCUT2D eigenvalue weighted by Gasteiger charge is 2.09. The Balaban J connectivity index is 1.77. The van der Waals surface area contributed by atoms with Crippen molar-refractivity contribution >= 4 is 5.91 Å². The molecule has 0 spiro atoms. The molecular formula is C18H22N2O2. The summed E-state index contributed by atoms with van der Waals surface area (Å²) in [5.41, 5.74) is 3.46. The van der Waals surface area contributed by atoms with E-state index >= 15 is 0 Å². The molecule has 116 valence electrons. The van der Waals surface area contributed by atoms with E-state index < -0.39 is 0 Å². The van der Waals surface area contributed by atoms with Crippen LogP contribution in [0.15, 0.2) is 42.7 Å². The van der Waals surface area contributed by atoms with E-state index in [1.165, 1.54) is 11.1 Å². The minimum absolute atomic E-state index is 0.0202. The number of carbonyl (C=O) groups is 1. The van der Waals surface area contributed by atoms with Crippen LogP contribution in [0.4, 0.5) is 0 Å². The van der Waals surface area contributed by atoms with Crippen LogP contribution in [-0.2, 0) is 4.79 Å². The maximum absolute atomic E-state index is 11.9. The summed E-state index contributed by atoms with van der Waals surface area (Å²) in [5, 5.41) is 2.96. The molecule has 0 aliphatic rings. The molecule has 2 rings (SSSR count). The summed E-state index contributed by atoms with van der Waals surface area (Å²) in [4.78, 5) is 15.9. The Morgan fingerprint density at radius 1 is 1.18 bits per heavy atom. The molecule has 0 aliphatic heterocycles. The first-order valence-corrected chi connectivity index (χ1v) is 7.45. The van der Waals surface area contributed by atoms with Crippen molar-refractivity contribution in [3.63, 3.8) is 0 Å². The van der Waals surface area contributed by atoms with Gasteiger partial charge >= 0.3 is 0 Å². The van der Waals surface area contributed by atoms with Crippen LogP contribution in [0, 0.1) is 13.8 Å². The molecule has 1 amide bonds. The maximum atomic E-state index is 11.9. The number of hydrogen-bond acceptors (Lipinski definition) is 3. The second kappa shape index (κ2) is 7.59. The molecule has 0 bridgehead atoms. The van der Waals surface area contributed by atoms with Crippen molar-refractivity contribution in [3.8, 4) is 5.75 Å². The topological polar surface area (TPSA) is 51.2 Å². The van der Waals surface area contributed by atoms with Gasteiger partial charge in [0.05, 0.1) is 19.1 Å². The van der Waals surface area contributed by atoms with E-state index in [-0.39, 0.29) is 11.9 Å². The normalized spacial score (nSPS) is 11.8. The van der Waals surface area contributed by atoms with Gasteiger partial charge < -0.3 is 10.1 Å². The summed E-state index contributed by atoms with van der Waals surface area (Å²) in [7, 11) is 0. The zero-order valence-electron chi connectivity index (χ0n) is 13.3. The summed E-state index contributed by atoms with van der Waals surface area (Å²) >= 11 is 0. The fraction of sp³-hybridized carbons (Fsp3) is 0.333. The molecule has 0 radical (unpaired) electrons. The molecule has 22 heavy (non-hydrogen) atoms. The highest BCUT2D eigenvalue weighted by molar-refractivity contribution is 5.76. The molecule has 1 heterocycles. The first-order chi connectivity index (χ1) is 10.6. The summed E-state index contributed by atoms with van der Waals surface area (Å²) in [6.45, 7) is 6.44. The van der Waals surface area contributed by atoms with Gasteiger partial charge in [-0.25, -0.2) is 0 Å². The lowest BCUT2D eigenvalue weighted by molar-refractivity contribution is -0.122. The predicted molar refractivity (Wildman–Crippen MR) is 86.8 cm³/mol. The van der Waals surface area contributed by atoms with Crippen LogP contribution in [0.5, 0.6) is 5.75 Å². The first-order valence-electron chi connectivity index (χ1n) is 7.45. The highest BCUT2D eigenvalue weighted by Crippen LogP contribution is 2.16. The molecule has 1 aromatic heterocycles. The number of hydrogen-bond donors (Lipinski definition) is 1. The zero-order chi connectivity index (χ0) is 15.9. The average molecular weight is 298 g/mol. The lowest BCUT2D eigenvalue weighted by Crippen LogP contribution is -2.27. The Hall–Kier alpha value is -2.36. The van der Waals surface area contributed by atoms with E-state index in [0.717, 1.165) is 11.3 Å². The van der Waals surface area contributed by atoms with Crippen molar-refractivity contribution in [1.82, 2.24) is 10.3 Å². The number of carbonyl (C=O) groups excluding carboxylic acids is 1. The molecule has 4 heteroatoms. The fourth-order valence-electron chi connectivity index (χ4n) is 2.11. The molecule has 1 aromatic carbocycles. The van der Waals surface area contributed by atoms with Crippen LogP contribution in [-0.4, -0.2) is 17.5 Å². The van der Waals surface area contributed by atoms with Crippen LogP contribution in [0.1, 0.15) is 36.1 Å². The SMILES string of the molecule is Cc1ccc(OCCC(=O)NC(C)c2ccncc2)cc1C. The van der Waals surface area contributed by atoms with Crippen molar-refractivity contribution in [3.05, 3.63) is 59.4 Å². The summed E-state index contributed by atoms with van der Waals surface area (Å²) < 4.78 is 5.63. The summed E-state index contributed by atoms with van der Waals surface area (Å²) in [6, 6.07) is 9.72. The van der Waals surface area contributed by atoms with Gasteiger partial charge in [-0.3, -0.25) is 9.78 Å². The minimum Gasteiger partial charge on any atom is -0.493 e. The van der Waals surface area contributed by atoms with Crippen LogP contribution >= 0.6 is 0 Å². The smallest absolute Gasteiger partial charge is 0.223 e. The van der Waals surface area contributed by atoms with E-state index in [1.54, 1.807) is 12.4 Å². The maximum Gasteiger partial charge on any atom is 0.223 e. The summed E-state index contributed by atoms with van der Waals surface area (Å²) in [5.74, 6) is 0.784. The lowest BCUT2D eigenvalue weighted by Gasteiger charge is -2.14. The predicted octanol–water partition coefficient (Wildman–Crippen LogP) is 3.34. The third-order valence-corrected chi connectivity index (χ3v) is 3.66. The van der Waals surface area contributed by atoms with Crippen LogP contribution in [0.25, 0.3) is 0 Å².